The highest BCUT2D eigenvalue weighted by Crippen LogP contribution is 2.12. The molecule has 0 unspecified atom stereocenters. The van der Waals surface area contributed by atoms with E-state index in [0.29, 0.717) is 0 Å². The standard InChI is InChI=1S/C20H36/c1-2-4-6-8-10-12-14-16-18-20-19-17-15-13-11-9-7-5-3-1/h1-2,13,15H,3-12,14,16-20H2/b2-1-,15-13-. The van der Waals surface area contributed by atoms with Crippen LogP contribution in [0.2, 0.25) is 0 Å². The predicted octanol–water partition coefficient (Wildman–Crippen LogP) is 7.35. The first-order chi connectivity index (χ1) is 10.0. The predicted molar refractivity (Wildman–Crippen MR) is 92.2 cm³/mol. The van der Waals surface area contributed by atoms with Crippen LogP contribution in [0.1, 0.15) is 103 Å². The summed E-state index contributed by atoms with van der Waals surface area (Å²) in [6.07, 6.45) is 32.0. The molecule has 0 heteroatoms. The third kappa shape index (κ3) is 12.5. The lowest BCUT2D eigenvalue weighted by Gasteiger charge is -2.02. The molecule has 0 nitrogen and oxygen atoms in total. The van der Waals surface area contributed by atoms with Crippen molar-refractivity contribution in [2.45, 2.75) is 103 Å². The molecule has 1 aliphatic rings. The van der Waals surface area contributed by atoms with Crippen LogP contribution in [0.4, 0.5) is 0 Å². The highest BCUT2D eigenvalue weighted by atomic mass is 14.0. The zero-order valence-electron chi connectivity index (χ0n) is 13.6. The summed E-state index contributed by atoms with van der Waals surface area (Å²) >= 11 is 0. The average molecular weight is 277 g/mol. The van der Waals surface area contributed by atoms with E-state index < -0.39 is 0 Å². The molecular weight excluding hydrogens is 240 g/mol. The maximum Gasteiger partial charge on any atom is -0.0351 e. The summed E-state index contributed by atoms with van der Waals surface area (Å²) in [5.41, 5.74) is 0. The van der Waals surface area contributed by atoms with E-state index in [1.54, 1.807) is 0 Å². The van der Waals surface area contributed by atoms with Gasteiger partial charge in [0.2, 0.25) is 0 Å². The topological polar surface area (TPSA) is 0 Å². The van der Waals surface area contributed by atoms with Gasteiger partial charge in [-0.2, -0.15) is 0 Å². The van der Waals surface area contributed by atoms with E-state index in [-0.39, 0.29) is 0 Å². The Morgan fingerprint density at radius 3 is 0.750 bits per heavy atom. The molecule has 0 spiro atoms. The molecule has 0 radical (unpaired) electrons. The van der Waals surface area contributed by atoms with Crippen LogP contribution in [0, 0.1) is 0 Å². The van der Waals surface area contributed by atoms with Gasteiger partial charge in [0.15, 0.2) is 0 Å². The fourth-order valence-corrected chi connectivity index (χ4v) is 2.93. The van der Waals surface area contributed by atoms with Crippen molar-refractivity contribution in [2.24, 2.45) is 0 Å². The molecule has 116 valence electrons. The third-order valence-corrected chi connectivity index (χ3v) is 4.32. The van der Waals surface area contributed by atoms with Gasteiger partial charge in [-0.15, -0.1) is 0 Å². The SMILES string of the molecule is C1=C\CCCCCCCCCCC/C=C\CCCCC/1. The van der Waals surface area contributed by atoms with Crippen LogP contribution in [-0.2, 0) is 0 Å². The van der Waals surface area contributed by atoms with E-state index in [9.17, 15) is 0 Å². The number of allylic oxidation sites excluding steroid dienone is 4. The summed E-state index contributed by atoms with van der Waals surface area (Å²) in [5.74, 6) is 0. The summed E-state index contributed by atoms with van der Waals surface area (Å²) in [4.78, 5) is 0. The van der Waals surface area contributed by atoms with Crippen LogP contribution >= 0.6 is 0 Å². The van der Waals surface area contributed by atoms with Crippen LogP contribution in [0.25, 0.3) is 0 Å². The van der Waals surface area contributed by atoms with Crippen LogP contribution in [0.5, 0.6) is 0 Å². The molecular formula is C20H36. The minimum atomic E-state index is 1.30. The van der Waals surface area contributed by atoms with Crippen molar-refractivity contribution in [3.05, 3.63) is 24.3 Å². The lowest BCUT2D eigenvalue weighted by molar-refractivity contribution is 0.561. The largest absolute Gasteiger partial charge is 0.0885 e. The summed E-state index contributed by atoms with van der Waals surface area (Å²) in [6, 6.07) is 0. The molecule has 0 amide bonds. The van der Waals surface area contributed by atoms with Gasteiger partial charge in [0, 0.05) is 0 Å². The Labute approximate surface area is 127 Å². The molecule has 1 aliphatic carbocycles. The van der Waals surface area contributed by atoms with Crippen molar-refractivity contribution in [3.63, 3.8) is 0 Å². The Balaban J connectivity index is 2.11. The Bertz CT molecular complexity index is 212. The second-order valence-electron chi connectivity index (χ2n) is 6.34. The van der Waals surface area contributed by atoms with Crippen LogP contribution in [-0.4, -0.2) is 0 Å². The van der Waals surface area contributed by atoms with Crippen molar-refractivity contribution in [1.29, 1.82) is 0 Å². The van der Waals surface area contributed by atoms with E-state index >= 15 is 0 Å². The van der Waals surface area contributed by atoms with Gasteiger partial charge in [-0.25, -0.2) is 0 Å². The highest BCUT2D eigenvalue weighted by Gasteiger charge is 1.93. The lowest BCUT2D eigenvalue weighted by Crippen LogP contribution is -1.82. The van der Waals surface area contributed by atoms with Gasteiger partial charge in [0.1, 0.15) is 0 Å². The summed E-state index contributed by atoms with van der Waals surface area (Å²) in [7, 11) is 0. The van der Waals surface area contributed by atoms with Crippen molar-refractivity contribution in [1.82, 2.24) is 0 Å². The van der Waals surface area contributed by atoms with Gasteiger partial charge in [-0.3, -0.25) is 0 Å². The van der Waals surface area contributed by atoms with Gasteiger partial charge < -0.3 is 0 Å². The third-order valence-electron chi connectivity index (χ3n) is 4.32. The van der Waals surface area contributed by atoms with Crippen molar-refractivity contribution >= 4 is 0 Å². The van der Waals surface area contributed by atoms with E-state index in [1.807, 2.05) is 0 Å². The molecule has 20 heavy (non-hydrogen) atoms. The molecule has 0 atom stereocenters. The molecule has 0 saturated carbocycles. The van der Waals surface area contributed by atoms with Crippen molar-refractivity contribution in [2.75, 3.05) is 0 Å². The Kier molecular flexibility index (Phi) is 13.0. The van der Waals surface area contributed by atoms with E-state index in [0.717, 1.165) is 0 Å². The fourth-order valence-electron chi connectivity index (χ4n) is 2.93. The summed E-state index contributed by atoms with van der Waals surface area (Å²) in [6.45, 7) is 0. The van der Waals surface area contributed by atoms with E-state index in [2.05, 4.69) is 24.3 Å². The second-order valence-corrected chi connectivity index (χ2v) is 6.34. The lowest BCUT2D eigenvalue weighted by atomic mass is 10.0. The van der Waals surface area contributed by atoms with Gasteiger partial charge in [0.05, 0.1) is 0 Å². The van der Waals surface area contributed by atoms with Gasteiger partial charge in [-0.1, -0.05) is 75.7 Å². The normalized spacial score (nSPS) is 25.6. The van der Waals surface area contributed by atoms with Gasteiger partial charge in [0.25, 0.3) is 0 Å². The number of rotatable bonds is 0. The second kappa shape index (κ2) is 14.9. The maximum atomic E-state index is 2.41. The molecule has 0 aromatic carbocycles. The smallest absolute Gasteiger partial charge is 0.0351 e. The first-order valence-corrected chi connectivity index (χ1v) is 9.30. The molecule has 0 bridgehead atoms. The molecule has 0 aliphatic heterocycles. The van der Waals surface area contributed by atoms with Crippen LogP contribution in [0.15, 0.2) is 24.3 Å². The molecule has 0 heterocycles. The quantitative estimate of drug-likeness (QED) is 0.405. The zero-order valence-corrected chi connectivity index (χ0v) is 13.6. The molecule has 0 N–H and O–H groups in total. The minimum Gasteiger partial charge on any atom is -0.0885 e. The van der Waals surface area contributed by atoms with Crippen LogP contribution in [0.3, 0.4) is 0 Å². The Morgan fingerprint density at radius 1 is 0.250 bits per heavy atom. The highest BCUT2D eigenvalue weighted by molar-refractivity contribution is 4.83. The summed E-state index contributed by atoms with van der Waals surface area (Å²) < 4.78 is 0. The molecule has 0 saturated heterocycles. The van der Waals surface area contributed by atoms with E-state index in [1.165, 1.54) is 103 Å². The molecule has 0 aromatic heterocycles. The van der Waals surface area contributed by atoms with Crippen LogP contribution < -0.4 is 0 Å². The molecule has 0 aromatic rings. The first-order valence-electron chi connectivity index (χ1n) is 9.30. The average Bonchev–Trinajstić information content (AvgIpc) is 2.46. The monoisotopic (exact) mass is 276 g/mol. The summed E-state index contributed by atoms with van der Waals surface area (Å²) in [5, 5.41) is 0. The van der Waals surface area contributed by atoms with Gasteiger partial charge >= 0.3 is 0 Å². The Hall–Kier alpha value is -0.520. The fraction of sp³-hybridized carbons (Fsp3) is 0.800. The molecule has 0 fully saturated rings. The minimum absolute atomic E-state index is 1.30. The first kappa shape index (κ1) is 17.5. The zero-order chi connectivity index (χ0) is 14.1. The van der Waals surface area contributed by atoms with E-state index in [4.69, 9.17) is 0 Å². The van der Waals surface area contributed by atoms with Crippen molar-refractivity contribution in [3.8, 4) is 0 Å². The van der Waals surface area contributed by atoms with Gasteiger partial charge in [-0.05, 0) is 51.4 Å². The number of hydrogen-bond donors (Lipinski definition) is 0. The Morgan fingerprint density at radius 2 is 0.450 bits per heavy atom. The number of hydrogen-bond acceptors (Lipinski definition) is 0. The maximum absolute atomic E-state index is 2.41. The van der Waals surface area contributed by atoms with Crippen molar-refractivity contribution < 1.29 is 0 Å². The molecule has 1 rings (SSSR count).